The average Bonchev–Trinajstić information content (AvgIpc) is 1.22. The zero-order valence-corrected chi connectivity index (χ0v) is 56.2. The molecule has 8 heterocycles. The third kappa shape index (κ3) is 19.7. The molecule has 1 N–H and O–H groups in total. The van der Waals surface area contributed by atoms with Crippen molar-refractivity contribution in [3.05, 3.63) is 270 Å². The SMILES string of the molecule is Cc1ccc(-c2ccc(C(F)(F)F)cc2C(F)(F)F)nn1.FC(F)(F)c1ccc(-c2ccc(CCl)nn2)c(C(F)(F)F)c1.Fc1ccccc1-c1nc2ccn(Cc3ccc(-c4ccc(C(F)(F)F)cc4C(F)(F)F)nn3)cc-2n1.Fc1ccccc1-c1nc2ccncc2[nH]1.O=c1n(Cl)c(=O)n(Cl)c(=O)n1Cl. The molecule has 0 aliphatic carbocycles. The lowest BCUT2D eigenvalue weighted by Crippen LogP contribution is -2.47. The molecule has 108 heavy (non-hydrogen) atoms. The average molecular weight is 1610 g/mol. The summed E-state index contributed by atoms with van der Waals surface area (Å²) < 4.78 is 262. The first-order chi connectivity index (χ1) is 50.5. The van der Waals surface area contributed by atoms with Crippen LogP contribution in [0, 0.1) is 18.6 Å². The van der Waals surface area contributed by atoms with E-state index in [1.165, 1.54) is 48.5 Å². The highest BCUT2D eigenvalue weighted by Gasteiger charge is 2.42. The summed E-state index contributed by atoms with van der Waals surface area (Å²) in [7, 11) is 0. The molecule has 42 heteroatoms. The van der Waals surface area contributed by atoms with E-state index in [1.807, 2.05) is 0 Å². The summed E-state index contributed by atoms with van der Waals surface area (Å²) in [6.45, 7) is 1.76. The molecule has 2 aliphatic heterocycles. The highest BCUT2D eigenvalue weighted by Crippen LogP contribution is 2.44. The molecular formula is C66H37Cl4F20N15O3. The zero-order valence-electron chi connectivity index (χ0n) is 53.2. The Bertz CT molecular complexity index is 5380. The van der Waals surface area contributed by atoms with Gasteiger partial charge in [-0.3, -0.25) is 4.98 Å². The number of hydrogen-bond acceptors (Lipinski definition) is 13. The van der Waals surface area contributed by atoms with Crippen molar-refractivity contribution in [3.8, 4) is 67.9 Å². The predicted octanol–water partition coefficient (Wildman–Crippen LogP) is 18.1. The van der Waals surface area contributed by atoms with Gasteiger partial charge in [-0.25, -0.2) is 38.1 Å². The van der Waals surface area contributed by atoms with Crippen LogP contribution >= 0.6 is 46.9 Å². The van der Waals surface area contributed by atoms with Crippen molar-refractivity contribution < 1.29 is 87.8 Å². The normalized spacial score (nSPS) is 11.9. The molecule has 562 valence electrons. The van der Waals surface area contributed by atoms with Crippen molar-refractivity contribution >= 4 is 58.0 Å². The quantitative estimate of drug-likeness (QED) is 0.111. The Balaban J connectivity index is 0.000000165. The fraction of sp³-hybridized carbons (Fsp3) is 0.136. The smallest absolute Gasteiger partial charge is 0.346 e. The standard InChI is InChI=1S/C25H14F7N5.C13H7ClF6N2.C13H8F6N2.C12H8FN3.C3Cl3N3O3/c26-19-4-2-1-3-17(19)23-33-21-9-10-37(13-22(21)34-23)12-15-6-8-20(36-35-15)16-7-5-14(24(27,28)29)11-18(16)25(30,31)32;14-6-8-2-4-11(22-21-8)9-3-1-7(12(15,16)17)5-10(9)13(18,19)20;1-7-2-5-11(21-20-7)9-4-3-8(12(14,15)16)6-10(9)13(17,18)19;13-9-4-2-1-3-8(9)12-15-10-5-6-14-7-11(10)16-12;4-7-1(10)8(5)3(12)9(6)2(7)11/h1-11,13H,12H2;1-5H,6H2;2-6H,1H3;1-7H,(H,15,16);. The van der Waals surface area contributed by atoms with Crippen molar-refractivity contribution in [2.75, 3.05) is 0 Å². The number of imidazole rings is 2. The number of halogens is 24. The lowest BCUT2D eigenvalue weighted by Gasteiger charge is -2.15. The lowest BCUT2D eigenvalue weighted by molar-refractivity contribution is -0.144. The number of fused-ring (bicyclic) bond motifs is 2. The molecule has 18 nitrogen and oxygen atoms in total. The molecule has 0 atom stereocenters. The molecule has 13 rings (SSSR count). The highest BCUT2D eigenvalue weighted by molar-refractivity contribution is 6.19. The molecule has 0 spiro atoms. The number of aromatic nitrogens is 15. The molecule has 0 saturated heterocycles. The van der Waals surface area contributed by atoms with Crippen molar-refractivity contribution in [2.45, 2.75) is 56.4 Å². The molecule has 2 aliphatic rings. The first-order valence-corrected chi connectivity index (χ1v) is 31.1. The second-order valence-corrected chi connectivity index (χ2v) is 23.1. The minimum absolute atomic E-state index is 0.0203. The van der Waals surface area contributed by atoms with E-state index in [2.05, 4.69) is 55.5 Å². The molecule has 0 unspecified atom stereocenters. The Labute approximate surface area is 609 Å². The van der Waals surface area contributed by atoms with Gasteiger partial charge in [0.2, 0.25) is 0 Å². The fourth-order valence-corrected chi connectivity index (χ4v) is 10.1. The van der Waals surface area contributed by atoms with Gasteiger partial charge in [0, 0.05) is 70.6 Å². The van der Waals surface area contributed by atoms with Gasteiger partial charge in [-0.1, -0.05) is 42.5 Å². The number of H-pyrrole nitrogens is 1. The third-order valence-corrected chi connectivity index (χ3v) is 15.6. The first-order valence-electron chi connectivity index (χ1n) is 29.5. The topological polar surface area (TPSA) is 216 Å². The van der Waals surface area contributed by atoms with Crippen molar-refractivity contribution in [2.24, 2.45) is 0 Å². The lowest BCUT2D eigenvalue weighted by atomic mass is 10.00. The van der Waals surface area contributed by atoms with Gasteiger partial charge in [0.25, 0.3) is 0 Å². The number of pyridine rings is 2. The number of hydrogen-bond donors (Lipinski definition) is 1. The molecule has 0 bridgehead atoms. The van der Waals surface area contributed by atoms with Crippen molar-refractivity contribution in [1.82, 2.24) is 72.3 Å². The summed E-state index contributed by atoms with van der Waals surface area (Å²) >= 11 is 20.8. The van der Waals surface area contributed by atoms with Gasteiger partial charge in [-0.2, -0.15) is 110 Å². The molecule has 0 fully saturated rings. The van der Waals surface area contributed by atoms with Crippen LogP contribution in [0.5, 0.6) is 0 Å². The molecule has 5 aromatic carbocycles. The maximum Gasteiger partial charge on any atom is 0.417 e. The zero-order chi connectivity index (χ0) is 79.2. The van der Waals surface area contributed by atoms with Crippen LogP contribution in [0.2, 0.25) is 0 Å². The van der Waals surface area contributed by atoms with E-state index in [1.54, 1.807) is 84.8 Å². The number of aryl methyl sites for hydroxylation is 1. The summed E-state index contributed by atoms with van der Waals surface area (Å²) in [4.78, 5) is 52.3. The van der Waals surface area contributed by atoms with E-state index >= 15 is 0 Å². The van der Waals surface area contributed by atoms with Crippen LogP contribution in [0.4, 0.5) is 87.8 Å². The van der Waals surface area contributed by atoms with Gasteiger partial charge in [0.15, 0.2) is 5.82 Å². The summed E-state index contributed by atoms with van der Waals surface area (Å²) in [6.07, 6.45) is -22.9. The minimum Gasteiger partial charge on any atom is -0.346 e. The van der Waals surface area contributed by atoms with E-state index < -0.39 is 110 Å². The van der Waals surface area contributed by atoms with Crippen LogP contribution in [0.1, 0.15) is 50.5 Å². The second-order valence-electron chi connectivity index (χ2n) is 21.8. The number of nitrogens with one attached hydrogen (secondary N) is 1. The highest BCUT2D eigenvalue weighted by atomic mass is 35.5. The van der Waals surface area contributed by atoms with Crippen LogP contribution in [0.25, 0.3) is 79.0 Å². The van der Waals surface area contributed by atoms with Crippen LogP contribution in [0.3, 0.4) is 0 Å². The van der Waals surface area contributed by atoms with Crippen LogP contribution in [-0.4, -0.2) is 72.3 Å². The van der Waals surface area contributed by atoms with E-state index in [-0.39, 0.29) is 77.2 Å². The van der Waals surface area contributed by atoms with Crippen LogP contribution in [-0.2, 0) is 49.5 Å². The number of aromatic amines is 1. The second kappa shape index (κ2) is 32.5. The molecular weight excluding hydrogens is 1570 g/mol. The number of benzene rings is 5. The van der Waals surface area contributed by atoms with E-state index in [4.69, 9.17) is 46.9 Å². The summed E-state index contributed by atoms with van der Waals surface area (Å²) in [5.74, 6) is 0.0391. The van der Waals surface area contributed by atoms with E-state index in [0.717, 1.165) is 29.2 Å². The molecule has 0 radical (unpaired) electrons. The number of alkyl halides is 19. The largest absolute Gasteiger partial charge is 0.417 e. The Hall–Kier alpha value is -11.3. The van der Waals surface area contributed by atoms with Crippen molar-refractivity contribution in [1.29, 1.82) is 0 Å². The molecule has 11 aromatic rings. The summed E-state index contributed by atoms with van der Waals surface area (Å²) in [5.41, 5.74) is -9.33. The monoisotopic (exact) mass is 1610 g/mol. The number of nitrogens with zero attached hydrogens (tertiary/aromatic N) is 14. The third-order valence-electron chi connectivity index (χ3n) is 14.5. The maximum absolute atomic E-state index is 14.1. The van der Waals surface area contributed by atoms with Gasteiger partial charge in [-0.05, 0) is 116 Å². The Morgan fingerprint density at radius 3 is 1.22 bits per heavy atom. The molecule has 0 saturated carbocycles. The fourth-order valence-electron chi connectivity index (χ4n) is 9.36. The molecule has 0 amide bonds. The molecule has 6 aromatic heterocycles. The van der Waals surface area contributed by atoms with Crippen molar-refractivity contribution in [3.63, 3.8) is 0 Å². The maximum atomic E-state index is 14.1. The van der Waals surface area contributed by atoms with Gasteiger partial charge in [0.1, 0.15) is 23.2 Å². The van der Waals surface area contributed by atoms with E-state index in [0.29, 0.717) is 58.1 Å². The Kier molecular flexibility index (Phi) is 24.3. The predicted molar refractivity (Wildman–Crippen MR) is 350 cm³/mol. The van der Waals surface area contributed by atoms with Crippen LogP contribution < -0.4 is 17.1 Å². The van der Waals surface area contributed by atoms with E-state index in [9.17, 15) is 102 Å². The first kappa shape index (κ1) is 80.8. The van der Waals surface area contributed by atoms with Gasteiger partial charge in [-0.15, -0.1) is 23.9 Å². The van der Waals surface area contributed by atoms with Gasteiger partial charge < -0.3 is 9.55 Å². The van der Waals surface area contributed by atoms with Crippen LogP contribution in [0.15, 0.2) is 191 Å². The Morgan fingerprint density at radius 2 is 0.833 bits per heavy atom. The van der Waals surface area contributed by atoms with Gasteiger partial charge in [0.05, 0.1) is 114 Å². The Morgan fingerprint density at radius 1 is 0.417 bits per heavy atom. The minimum atomic E-state index is -5.02. The number of rotatable bonds is 8. The summed E-state index contributed by atoms with van der Waals surface area (Å²) in [6, 6.07) is 28.2. The van der Waals surface area contributed by atoms with Gasteiger partial charge >= 0.3 is 54.1 Å². The summed E-state index contributed by atoms with van der Waals surface area (Å²) in [5, 5.41) is 22.1.